The standard InChI is InChI=1S/C20H20F2O6/c1-7(14(21)22)18-12(27-18)13-20(28-13)17(2)4-3-8-9(6-25-15(8)23)10(17)5-11-19(20,26-11)16(18)24/h7,10-14H,3-6H2,1-2H3/t7?,10-,11-,12-,13-,17-,18-,19+,20+/m0/s1. The summed E-state index contributed by atoms with van der Waals surface area (Å²) in [6.45, 7) is 3.76. The summed E-state index contributed by atoms with van der Waals surface area (Å²) in [5.74, 6) is -1.76. The van der Waals surface area contributed by atoms with Crippen molar-refractivity contribution in [3.63, 3.8) is 0 Å². The van der Waals surface area contributed by atoms with Gasteiger partial charge in [-0.05, 0) is 30.8 Å². The van der Waals surface area contributed by atoms with Crippen LogP contribution in [0.15, 0.2) is 11.1 Å². The van der Waals surface area contributed by atoms with Crippen LogP contribution in [-0.4, -0.2) is 59.9 Å². The predicted molar refractivity (Wildman–Crippen MR) is 86.4 cm³/mol. The predicted octanol–water partition coefficient (Wildman–Crippen LogP) is 1.56. The van der Waals surface area contributed by atoms with Gasteiger partial charge in [0.05, 0.1) is 12.0 Å². The Balaban J connectivity index is 1.36. The first-order valence-electron chi connectivity index (χ1n) is 10.0. The van der Waals surface area contributed by atoms with E-state index in [1.807, 2.05) is 0 Å². The van der Waals surface area contributed by atoms with Crippen LogP contribution in [0.3, 0.4) is 0 Å². The Hall–Kier alpha value is -1.38. The largest absolute Gasteiger partial charge is 0.458 e. The average Bonchev–Trinajstić information content (AvgIpc) is 3.54. The van der Waals surface area contributed by atoms with Crippen molar-refractivity contribution in [2.24, 2.45) is 17.3 Å². The van der Waals surface area contributed by atoms with E-state index in [4.69, 9.17) is 18.9 Å². The van der Waals surface area contributed by atoms with Crippen LogP contribution in [0, 0.1) is 17.3 Å². The van der Waals surface area contributed by atoms with Crippen LogP contribution in [-0.2, 0) is 28.5 Å². The quantitative estimate of drug-likeness (QED) is 0.522. The molecule has 0 aromatic rings. The Morgan fingerprint density at radius 1 is 1.14 bits per heavy atom. The fourth-order valence-corrected chi connectivity index (χ4v) is 7.45. The minimum atomic E-state index is -2.65. The lowest BCUT2D eigenvalue weighted by Gasteiger charge is -2.51. The van der Waals surface area contributed by atoms with E-state index >= 15 is 0 Å². The number of carbonyl (C=O) groups is 2. The number of hydrogen-bond donors (Lipinski definition) is 0. The number of fused-ring (bicyclic) bond motifs is 4. The number of ether oxygens (including phenoxy) is 4. The molecule has 3 saturated heterocycles. The van der Waals surface area contributed by atoms with E-state index in [-0.39, 0.29) is 30.4 Å². The Morgan fingerprint density at radius 3 is 2.68 bits per heavy atom. The fourth-order valence-electron chi connectivity index (χ4n) is 7.45. The third-order valence-electron chi connectivity index (χ3n) is 9.02. The van der Waals surface area contributed by atoms with E-state index in [2.05, 4.69) is 6.92 Å². The second-order valence-corrected chi connectivity index (χ2v) is 9.69. The van der Waals surface area contributed by atoms with Gasteiger partial charge in [-0.2, -0.15) is 0 Å². The summed E-state index contributed by atoms with van der Waals surface area (Å²) in [5, 5.41) is 0. The molecule has 3 aliphatic carbocycles. The first kappa shape index (κ1) is 16.4. The number of esters is 1. The summed E-state index contributed by atoms with van der Waals surface area (Å²) >= 11 is 0. The summed E-state index contributed by atoms with van der Waals surface area (Å²) < 4.78 is 50.4. The van der Waals surface area contributed by atoms with Crippen LogP contribution >= 0.6 is 0 Å². The topological polar surface area (TPSA) is 81.0 Å². The Bertz CT molecular complexity index is 916. The molecule has 7 aliphatic rings. The van der Waals surface area contributed by atoms with Gasteiger partial charge in [-0.1, -0.05) is 13.8 Å². The zero-order valence-corrected chi connectivity index (χ0v) is 15.5. The van der Waals surface area contributed by atoms with Crippen molar-refractivity contribution >= 4 is 11.8 Å². The van der Waals surface area contributed by atoms with Gasteiger partial charge in [0.15, 0.2) is 11.2 Å². The maximum Gasteiger partial charge on any atom is 0.334 e. The van der Waals surface area contributed by atoms with Crippen molar-refractivity contribution in [1.82, 2.24) is 0 Å². The van der Waals surface area contributed by atoms with E-state index in [1.54, 1.807) is 0 Å². The third kappa shape index (κ3) is 1.30. The number of cyclic esters (lactones) is 1. The molecule has 0 aromatic heterocycles. The molecule has 7 rings (SSSR count). The minimum absolute atomic E-state index is 0.0277. The second kappa shape index (κ2) is 4.23. The van der Waals surface area contributed by atoms with Crippen molar-refractivity contribution in [2.75, 3.05) is 6.61 Å². The molecule has 2 saturated carbocycles. The van der Waals surface area contributed by atoms with Crippen molar-refractivity contribution in [2.45, 2.75) is 74.7 Å². The lowest BCUT2D eigenvalue weighted by Crippen LogP contribution is -2.68. The van der Waals surface area contributed by atoms with Gasteiger partial charge in [0.2, 0.25) is 12.2 Å². The Labute approximate surface area is 159 Å². The molecule has 0 aromatic carbocycles. The molecule has 6 nitrogen and oxygen atoms in total. The third-order valence-corrected chi connectivity index (χ3v) is 9.02. The van der Waals surface area contributed by atoms with Crippen molar-refractivity contribution < 1.29 is 37.3 Å². The van der Waals surface area contributed by atoms with Gasteiger partial charge in [0.1, 0.15) is 24.4 Å². The van der Waals surface area contributed by atoms with Gasteiger partial charge >= 0.3 is 5.97 Å². The molecule has 0 bridgehead atoms. The van der Waals surface area contributed by atoms with Crippen LogP contribution in [0.25, 0.3) is 0 Å². The van der Waals surface area contributed by atoms with Crippen LogP contribution < -0.4 is 0 Å². The molecule has 9 atom stereocenters. The molecule has 4 heterocycles. The SMILES string of the molecule is CC(C(F)F)[C@]12O[C@H]1[C@@H]1O[C@@]13[C@@]1(C)CCC4=C(COC4=O)[C@@H]1C[C@@H]1O[C@@]13C2=O. The highest BCUT2D eigenvalue weighted by Gasteiger charge is 3.01. The van der Waals surface area contributed by atoms with Gasteiger partial charge in [-0.25, -0.2) is 13.6 Å². The minimum Gasteiger partial charge on any atom is -0.458 e. The van der Waals surface area contributed by atoms with Crippen molar-refractivity contribution in [1.29, 1.82) is 0 Å². The van der Waals surface area contributed by atoms with E-state index in [0.717, 1.165) is 11.1 Å². The summed E-state index contributed by atoms with van der Waals surface area (Å²) in [7, 11) is 0. The van der Waals surface area contributed by atoms with E-state index in [0.29, 0.717) is 19.3 Å². The lowest BCUT2D eigenvalue weighted by atomic mass is 9.47. The fraction of sp³-hybridized carbons (Fsp3) is 0.800. The van der Waals surface area contributed by atoms with E-state index in [1.165, 1.54) is 6.92 Å². The highest BCUT2D eigenvalue weighted by atomic mass is 19.3. The van der Waals surface area contributed by atoms with Gasteiger partial charge in [0.25, 0.3) is 0 Å². The number of ketones is 1. The number of hydrogen-bond acceptors (Lipinski definition) is 6. The molecule has 0 radical (unpaired) electrons. The highest BCUT2D eigenvalue weighted by molar-refractivity contribution is 6.05. The molecule has 5 fully saturated rings. The number of rotatable bonds is 2. The van der Waals surface area contributed by atoms with Crippen molar-refractivity contribution in [3.8, 4) is 0 Å². The molecule has 1 unspecified atom stereocenters. The number of alkyl halides is 2. The normalized spacial score (nSPS) is 58.0. The molecule has 150 valence electrons. The number of epoxide rings is 3. The first-order chi connectivity index (χ1) is 13.3. The van der Waals surface area contributed by atoms with Crippen LogP contribution in [0.2, 0.25) is 0 Å². The molecular formula is C20H20F2O6. The van der Waals surface area contributed by atoms with Crippen LogP contribution in [0.4, 0.5) is 8.78 Å². The number of Topliss-reactive ketones (excluding diaryl/α,β-unsaturated/α-hetero) is 1. The zero-order chi connectivity index (χ0) is 19.4. The molecule has 0 N–H and O–H groups in total. The summed E-state index contributed by atoms with van der Waals surface area (Å²) in [6, 6.07) is 0. The van der Waals surface area contributed by atoms with Crippen LogP contribution in [0.1, 0.15) is 33.1 Å². The van der Waals surface area contributed by atoms with E-state index < -0.39 is 46.8 Å². The maximum absolute atomic E-state index is 13.6. The monoisotopic (exact) mass is 394 g/mol. The van der Waals surface area contributed by atoms with Gasteiger partial charge in [0, 0.05) is 11.0 Å². The summed E-state index contributed by atoms with van der Waals surface area (Å²) in [5.41, 5.74) is -2.16. The molecule has 8 heteroatoms. The smallest absolute Gasteiger partial charge is 0.334 e. The van der Waals surface area contributed by atoms with Gasteiger partial charge < -0.3 is 18.9 Å². The summed E-state index contributed by atoms with van der Waals surface area (Å²) in [6.07, 6.45) is -2.23. The second-order valence-electron chi connectivity index (χ2n) is 9.69. The molecule has 0 amide bonds. The Kier molecular flexibility index (Phi) is 2.48. The zero-order valence-electron chi connectivity index (χ0n) is 15.5. The first-order valence-corrected chi connectivity index (χ1v) is 10.0. The van der Waals surface area contributed by atoms with E-state index in [9.17, 15) is 18.4 Å². The molecule has 2 spiro atoms. The maximum atomic E-state index is 13.6. The lowest BCUT2D eigenvalue weighted by molar-refractivity contribution is -0.142. The van der Waals surface area contributed by atoms with Gasteiger partial charge in [-0.3, -0.25) is 4.79 Å². The Morgan fingerprint density at radius 2 is 1.93 bits per heavy atom. The molecule has 4 aliphatic heterocycles. The number of halogens is 2. The van der Waals surface area contributed by atoms with Gasteiger partial charge in [-0.15, -0.1) is 0 Å². The highest BCUT2D eigenvalue weighted by Crippen LogP contribution is 2.81. The average molecular weight is 394 g/mol. The van der Waals surface area contributed by atoms with Crippen molar-refractivity contribution in [3.05, 3.63) is 11.1 Å². The van der Waals surface area contributed by atoms with Crippen LogP contribution in [0.5, 0.6) is 0 Å². The molecular weight excluding hydrogens is 374 g/mol. The molecule has 28 heavy (non-hydrogen) atoms. The number of carbonyl (C=O) groups excluding carboxylic acids is 2. The summed E-state index contributed by atoms with van der Waals surface area (Å²) in [4.78, 5) is 25.7.